The first-order valence-corrected chi connectivity index (χ1v) is 7.32. The number of aryl methyl sites for hydroxylation is 2. The molecular formula is C19H18N2O3. The first-order valence-electron chi connectivity index (χ1n) is 7.32. The molecule has 2 rings (SSSR count). The Morgan fingerprint density at radius 2 is 1.96 bits per heavy atom. The topological polar surface area (TPSA) is 82.3 Å². The Kier molecular flexibility index (Phi) is 5.23. The van der Waals surface area contributed by atoms with Crippen molar-refractivity contribution in [2.24, 2.45) is 0 Å². The lowest BCUT2D eigenvalue weighted by molar-refractivity contribution is -0.112. The molecule has 0 saturated heterocycles. The highest BCUT2D eigenvalue weighted by atomic mass is 16.5. The van der Waals surface area contributed by atoms with E-state index in [9.17, 15) is 15.2 Å². The normalized spacial score (nSPS) is 10.8. The zero-order valence-electron chi connectivity index (χ0n) is 13.8. The van der Waals surface area contributed by atoms with Crippen LogP contribution < -0.4 is 10.1 Å². The Balaban J connectivity index is 2.23. The van der Waals surface area contributed by atoms with Gasteiger partial charge in [-0.2, -0.15) is 5.26 Å². The van der Waals surface area contributed by atoms with Crippen molar-refractivity contribution in [2.75, 3.05) is 12.4 Å². The van der Waals surface area contributed by atoms with Crippen LogP contribution in [-0.4, -0.2) is 18.1 Å². The number of nitriles is 1. The Hall–Kier alpha value is -3.26. The molecule has 0 aliphatic rings. The van der Waals surface area contributed by atoms with Crippen LogP contribution >= 0.6 is 0 Å². The predicted molar refractivity (Wildman–Crippen MR) is 92.8 cm³/mol. The van der Waals surface area contributed by atoms with Crippen LogP contribution in [0.5, 0.6) is 11.5 Å². The molecule has 0 fully saturated rings. The fourth-order valence-corrected chi connectivity index (χ4v) is 2.13. The van der Waals surface area contributed by atoms with E-state index in [0.717, 1.165) is 11.1 Å². The predicted octanol–water partition coefficient (Wildman–Crippen LogP) is 3.56. The summed E-state index contributed by atoms with van der Waals surface area (Å²) in [5, 5.41) is 21.7. The number of nitrogens with one attached hydrogen (secondary N) is 1. The van der Waals surface area contributed by atoms with Gasteiger partial charge in [0.2, 0.25) is 0 Å². The van der Waals surface area contributed by atoms with Crippen molar-refractivity contribution < 1.29 is 14.6 Å². The summed E-state index contributed by atoms with van der Waals surface area (Å²) in [6.07, 6.45) is 1.41. The van der Waals surface area contributed by atoms with Crippen LogP contribution in [0.25, 0.3) is 6.08 Å². The van der Waals surface area contributed by atoms with Crippen molar-refractivity contribution in [3.05, 3.63) is 58.7 Å². The van der Waals surface area contributed by atoms with Gasteiger partial charge in [0.15, 0.2) is 11.5 Å². The van der Waals surface area contributed by atoms with E-state index < -0.39 is 5.91 Å². The summed E-state index contributed by atoms with van der Waals surface area (Å²) >= 11 is 0. The van der Waals surface area contributed by atoms with Crippen molar-refractivity contribution in [1.82, 2.24) is 0 Å². The molecule has 0 heterocycles. The molecular weight excluding hydrogens is 304 g/mol. The number of amides is 1. The number of nitrogens with zero attached hydrogens (tertiary/aromatic N) is 1. The highest BCUT2D eigenvalue weighted by Gasteiger charge is 2.11. The van der Waals surface area contributed by atoms with Crippen LogP contribution in [0.2, 0.25) is 0 Å². The van der Waals surface area contributed by atoms with Crippen molar-refractivity contribution >= 4 is 17.7 Å². The molecule has 1 amide bonds. The third-order valence-corrected chi connectivity index (χ3v) is 3.64. The third kappa shape index (κ3) is 3.93. The summed E-state index contributed by atoms with van der Waals surface area (Å²) in [6, 6.07) is 12.1. The van der Waals surface area contributed by atoms with Gasteiger partial charge in [0.1, 0.15) is 11.6 Å². The van der Waals surface area contributed by atoms with Crippen molar-refractivity contribution in [3.63, 3.8) is 0 Å². The van der Waals surface area contributed by atoms with Gasteiger partial charge >= 0.3 is 0 Å². The Labute approximate surface area is 140 Å². The molecule has 122 valence electrons. The van der Waals surface area contributed by atoms with E-state index in [2.05, 4.69) is 5.32 Å². The van der Waals surface area contributed by atoms with Gasteiger partial charge < -0.3 is 15.2 Å². The highest BCUT2D eigenvalue weighted by molar-refractivity contribution is 6.09. The van der Waals surface area contributed by atoms with E-state index in [1.54, 1.807) is 18.2 Å². The van der Waals surface area contributed by atoms with Crippen LogP contribution in [-0.2, 0) is 4.79 Å². The third-order valence-electron chi connectivity index (χ3n) is 3.64. The zero-order valence-corrected chi connectivity index (χ0v) is 13.8. The van der Waals surface area contributed by atoms with E-state index in [4.69, 9.17) is 4.74 Å². The van der Waals surface area contributed by atoms with E-state index in [1.807, 2.05) is 32.0 Å². The van der Waals surface area contributed by atoms with E-state index >= 15 is 0 Å². The van der Waals surface area contributed by atoms with Gasteiger partial charge in [-0.1, -0.05) is 12.1 Å². The van der Waals surface area contributed by atoms with Gasteiger partial charge in [0.05, 0.1) is 7.11 Å². The molecule has 0 bridgehead atoms. The number of anilines is 1. The molecule has 0 aliphatic heterocycles. The van der Waals surface area contributed by atoms with Gasteiger partial charge in [-0.05, 0) is 60.9 Å². The number of phenols is 1. The van der Waals surface area contributed by atoms with Gasteiger partial charge in [-0.3, -0.25) is 4.79 Å². The summed E-state index contributed by atoms with van der Waals surface area (Å²) < 4.78 is 4.96. The molecule has 0 radical (unpaired) electrons. The van der Waals surface area contributed by atoms with E-state index in [0.29, 0.717) is 17.0 Å². The second-order valence-electron chi connectivity index (χ2n) is 5.35. The summed E-state index contributed by atoms with van der Waals surface area (Å²) in [5.74, 6) is -0.237. The van der Waals surface area contributed by atoms with E-state index in [-0.39, 0.29) is 11.3 Å². The van der Waals surface area contributed by atoms with Crippen LogP contribution in [0.3, 0.4) is 0 Å². The van der Waals surface area contributed by atoms with Gasteiger partial charge in [-0.25, -0.2) is 0 Å². The number of carbonyl (C=O) groups is 1. The maximum Gasteiger partial charge on any atom is 0.266 e. The number of carbonyl (C=O) groups excluding carboxylic acids is 1. The lowest BCUT2D eigenvalue weighted by atomic mass is 10.1. The molecule has 2 aromatic rings. The molecule has 5 heteroatoms. The number of ether oxygens (including phenoxy) is 1. The van der Waals surface area contributed by atoms with Crippen molar-refractivity contribution in [3.8, 4) is 17.6 Å². The molecule has 0 unspecified atom stereocenters. The molecule has 0 saturated carbocycles. The molecule has 24 heavy (non-hydrogen) atoms. The minimum absolute atomic E-state index is 0.0573. The zero-order chi connectivity index (χ0) is 17.7. The summed E-state index contributed by atoms with van der Waals surface area (Å²) in [7, 11) is 1.45. The molecule has 0 aliphatic carbocycles. The molecule has 0 atom stereocenters. The van der Waals surface area contributed by atoms with Crippen LogP contribution in [0.4, 0.5) is 5.69 Å². The second kappa shape index (κ2) is 7.34. The maximum absolute atomic E-state index is 12.3. The van der Waals surface area contributed by atoms with Gasteiger partial charge in [-0.15, -0.1) is 0 Å². The van der Waals surface area contributed by atoms with Crippen LogP contribution in [0.1, 0.15) is 16.7 Å². The number of methoxy groups -OCH3 is 1. The van der Waals surface area contributed by atoms with Gasteiger partial charge in [0, 0.05) is 5.69 Å². The van der Waals surface area contributed by atoms with Crippen molar-refractivity contribution in [1.29, 1.82) is 5.26 Å². The summed E-state index contributed by atoms with van der Waals surface area (Å²) in [5.41, 5.74) is 3.27. The SMILES string of the molecule is COc1ccc(/C=C(\C#N)C(=O)Nc2ccc(C)c(C)c2)cc1O. The number of rotatable bonds is 4. The minimum atomic E-state index is -0.504. The van der Waals surface area contributed by atoms with Crippen LogP contribution in [0.15, 0.2) is 42.0 Å². The molecule has 0 spiro atoms. The van der Waals surface area contributed by atoms with Crippen LogP contribution in [0, 0.1) is 25.2 Å². The number of aromatic hydroxyl groups is 1. The second-order valence-corrected chi connectivity index (χ2v) is 5.35. The maximum atomic E-state index is 12.3. The minimum Gasteiger partial charge on any atom is -0.504 e. The fourth-order valence-electron chi connectivity index (χ4n) is 2.13. The molecule has 5 nitrogen and oxygen atoms in total. The lowest BCUT2D eigenvalue weighted by Gasteiger charge is -2.07. The lowest BCUT2D eigenvalue weighted by Crippen LogP contribution is -2.13. The largest absolute Gasteiger partial charge is 0.504 e. The Morgan fingerprint density at radius 1 is 1.21 bits per heavy atom. The first-order chi connectivity index (χ1) is 11.4. The molecule has 2 aromatic carbocycles. The fraction of sp³-hybridized carbons (Fsp3) is 0.158. The van der Waals surface area contributed by atoms with Crippen molar-refractivity contribution in [2.45, 2.75) is 13.8 Å². The standard InChI is InChI=1S/C19H18N2O3/c1-12-4-6-16(8-13(12)2)21-19(23)15(11-20)9-14-5-7-18(24-3)17(22)10-14/h4-10,22H,1-3H3,(H,21,23)/b15-9+. The van der Waals surface area contributed by atoms with E-state index in [1.165, 1.54) is 19.3 Å². The Morgan fingerprint density at radius 3 is 2.54 bits per heavy atom. The Bertz CT molecular complexity index is 848. The summed E-state index contributed by atoms with van der Waals surface area (Å²) in [4.78, 5) is 12.3. The number of hydrogen-bond acceptors (Lipinski definition) is 4. The highest BCUT2D eigenvalue weighted by Crippen LogP contribution is 2.27. The number of phenolic OH excluding ortho intramolecular Hbond substituents is 1. The first kappa shape index (κ1) is 17.1. The molecule has 0 aromatic heterocycles. The smallest absolute Gasteiger partial charge is 0.266 e. The summed E-state index contributed by atoms with van der Waals surface area (Å²) in [6.45, 7) is 3.93. The van der Waals surface area contributed by atoms with Gasteiger partial charge in [0.25, 0.3) is 5.91 Å². The average molecular weight is 322 g/mol. The number of benzene rings is 2. The average Bonchev–Trinajstić information content (AvgIpc) is 2.56. The number of hydrogen-bond donors (Lipinski definition) is 2. The quantitative estimate of drug-likeness (QED) is 0.666. The monoisotopic (exact) mass is 322 g/mol. The molecule has 2 N–H and O–H groups in total.